The van der Waals surface area contributed by atoms with E-state index in [2.05, 4.69) is 0 Å². The van der Waals surface area contributed by atoms with Crippen molar-refractivity contribution in [1.82, 2.24) is 0 Å². The van der Waals surface area contributed by atoms with Crippen molar-refractivity contribution < 1.29 is 14.3 Å². The van der Waals surface area contributed by atoms with Gasteiger partial charge in [0.2, 0.25) is 0 Å². The zero-order valence-corrected chi connectivity index (χ0v) is 10.6. The Hall–Kier alpha value is -1.23. The summed E-state index contributed by atoms with van der Waals surface area (Å²) in [5.74, 6) is 0.103. The van der Waals surface area contributed by atoms with Gasteiger partial charge in [-0.25, -0.2) is 0 Å². The summed E-state index contributed by atoms with van der Waals surface area (Å²) < 4.78 is 10.5. The van der Waals surface area contributed by atoms with Crippen molar-refractivity contribution in [3.8, 4) is 0 Å². The second-order valence-corrected chi connectivity index (χ2v) is 4.02. The summed E-state index contributed by atoms with van der Waals surface area (Å²) >= 11 is 0. The second-order valence-electron chi connectivity index (χ2n) is 4.02. The lowest BCUT2D eigenvalue weighted by atomic mass is 10.2. The average molecular weight is 251 g/mol. The van der Waals surface area contributed by atoms with Gasteiger partial charge >= 0.3 is 0 Å². The molecule has 0 spiro atoms. The van der Waals surface area contributed by atoms with Gasteiger partial charge in [0, 0.05) is 19.6 Å². The lowest BCUT2D eigenvalue weighted by Gasteiger charge is -2.04. The molecule has 18 heavy (non-hydrogen) atoms. The normalized spacial score (nSPS) is 10.5. The van der Waals surface area contributed by atoms with E-state index in [1.165, 1.54) is 0 Å². The highest BCUT2D eigenvalue weighted by atomic mass is 16.5. The van der Waals surface area contributed by atoms with Gasteiger partial charge in [-0.1, -0.05) is 30.3 Å². The summed E-state index contributed by atoms with van der Waals surface area (Å²) in [5, 5.41) is 0. The molecule has 0 bridgehead atoms. The van der Waals surface area contributed by atoms with Gasteiger partial charge in [-0.3, -0.25) is 4.79 Å². The van der Waals surface area contributed by atoms with Crippen LogP contribution in [-0.4, -0.2) is 32.1 Å². The van der Waals surface area contributed by atoms with Crippen molar-refractivity contribution in [2.45, 2.75) is 19.4 Å². The number of carbonyl (C=O) groups is 1. The third-order valence-corrected chi connectivity index (χ3v) is 2.38. The van der Waals surface area contributed by atoms with E-state index >= 15 is 0 Å². The third kappa shape index (κ3) is 7.17. The fraction of sp³-hybridized carbons (Fsp3) is 0.500. The Morgan fingerprint density at radius 2 is 1.89 bits per heavy atom. The van der Waals surface area contributed by atoms with Crippen LogP contribution in [0.2, 0.25) is 0 Å². The fourth-order valence-corrected chi connectivity index (χ4v) is 1.48. The van der Waals surface area contributed by atoms with Gasteiger partial charge < -0.3 is 15.2 Å². The molecule has 0 aliphatic carbocycles. The Bertz CT molecular complexity index is 327. The number of carbonyl (C=O) groups excluding carboxylic acids is 1. The van der Waals surface area contributed by atoms with Crippen LogP contribution >= 0.6 is 0 Å². The monoisotopic (exact) mass is 251 g/mol. The summed E-state index contributed by atoms with van der Waals surface area (Å²) in [6.45, 7) is 2.25. The SMILES string of the molecule is NCCOCC(=O)CCCOCc1ccccc1. The van der Waals surface area contributed by atoms with Gasteiger partial charge in [0.25, 0.3) is 0 Å². The molecule has 1 aromatic rings. The van der Waals surface area contributed by atoms with E-state index in [1.807, 2.05) is 30.3 Å². The molecule has 0 heterocycles. The van der Waals surface area contributed by atoms with E-state index in [9.17, 15) is 4.79 Å². The van der Waals surface area contributed by atoms with Gasteiger partial charge in [0.15, 0.2) is 5.78 Å². The first kappa shape index (κ1) is 14.8. The summed E-state index contributed by atoms with van der Waals surface area (Å²) in [7, 11) is 0. The highest BCUT2D eigenvalue weighted by Gasteiger charge is 2.01. The second kappa shape index (κ2) is 9.76. The van der Waals surface area contributed by atoms with Crippen LogP contribution in [0.1, 0.15) is 18.4 Å². The van der Waals surface area contributed by atoms with Crippen molar-refractivity contribution in [3.63, 3.8) is 0 Å². The van der Waals surface area contributed by atoms with E-state index in [-0.39, 0.29) is 12.4 Å². The Kier molecular flexibility index (Phi) is 8.04. The van der Waals surface area contributed by atoms with Crippen molar-refractivity contribution in [3.05, 3.63) is 35.9 Å². The number of hydrogen-bond acceptors (Lipinski definition) is 4. The third-order valence-electron chi connectivity index (χ3n) is 2.38. The molecule has 2 N–H and O–H groups in total. The highest BCUT2D eigenvalue weighted by Crippen LogP contribution is 2.01. The summed E-state index contributed by atoms with van der Waals surface area (Å²) in [6, 6.07) is 9.98. The van der Waals surface area contributed by atoms with Crippen LogP contribution in [0.15, 0.2) is 30.3 Å². The summed E-state index contributed by atoms with van der Waals surface area (Å²) in [5.41, 5.74) is 6.40. The van der Waals surface area contributed by atoms with Gasteiger partial charge in [-0.05, 0) is 12.0 Å². The number of Topliss-reactive ketones (excluding diaryl/α,β-unsaturated/α-hetero) is 1. The predicted octanol–water partition coefficient (Wildman–Crippen LogP) is 1.53. The molecule has 0 amide bonds. The minimum atomic E-state index is 0.103. The van der Waals surface area contributed by atoms with E-state index in [1.54, 1.807) is 0 Å². The van der Waals surface area contributed by atoms with Gasteiger partial charge in [-0.2, -0.15) is 0 Å². The standard InChI is InChI=1S/C14H21NO3/c15-8-10-18-12-14(16)7-4-9-17-11-13-5-2-1-3-6-13/h1-3,5-6H,4,7-12,15H2. The number of hydrogen-bond donors (Lipinski definition) is 1. The van der Waals surface area contributed by atoms with E-state index in [0.29, 0.717) is 32.8 Å². The maximum Gasteiger partial charge on any atom is 0.158 e. The van der Waals surface area contributed by atoms with E-state index < -0.39 is 0 Å². The van der Waals surface area contributed by atoms with Crippen LogP contribution in [0.4, 0.5) is 0 Å². The molecule has 0 fully saturated rings. The first-order valence-electron chi connectivity index (χ1n) is 6.24. The number of ether oxygens (including phenoxy) is 2. The Labute approximate surface area is 108 Å². The first-order chi connectivity index (χ1) is 8.83. The van der Waals surface area contributed by atoms with Crippen LogP contribution in [0.5, 0.6) is 0 Å². The van der Waals surface area contributed by atoms with Gasteiger partial charge in [0.1, 0.15) is 6.61 Å². The Balaban J connectivity index is 1.97. The van der Waals surface area contributed by atoms with Crippen LogP contribution in [0, 0.1) is 0 Å². The summed E-state index contributed by atoms with van der Waals surface area (Å²) in [6.07, 6.45) is 1.23. The lowest BCUT2D eigenvalue weighted by molar-refractivity contribution is -0.123. The molecule has 0 saturated carbocycles. The highest BCUT2D eigenvalue weighted by molar-refractivity contribution is 5.79. The Morgan fingerprint density at radius 1 is 1.11 bits per heavy atom. The molecule has 4 nitrogen and oxygen atoms in total. The molecule has 1 aromatic carbocycles. The summed E-state index contributed by atoms with van der Waals surface area (Å²) in [4.78, 5) is 11.3. The minimum Gasteiger partial charge on any atom is -0.377 e. The molecule has 0 aromatic heterocycles. The predicted molar refractivity (Wildman–Crippen MR) is 70.2 cm³/mol. The number of ketones is 1. The Morgan fingerprint density at radius 3 is 2.61 bits per heavy atom. The van der Waals surface area contributed by atoms with Crippen molar-refractivity contribution in [1.29, 1.82) is 0 Å². The zero-order chi connectivity index (χ0) is 13.1. The van der Waals surface area contributed by atoms with Crippen molar-refractivity contribution >= 4 is 5.78 Å². The molecule has 0 atom stereocenters. The first-order valence-corrected chi connectivity index (χ1v) is 6.24. The molecular weight excluding hydrogens is 230 g/mol. The smallest absolute Gasteiger partial charge is 0.158 e. The topological polar surface area (TPSA) is 61.5 Å². The van der Waals surface area contributed by atoms with Crippen molar-refractivity contribution in [2.75, 3.05) is 26.4 Å². The average Bonchev–Trinajstić information content (AvgIpc) is 2.40. The minimum absolute atomic E-state index is 0.103. The molecule has 0 unspecified atom stereocenters. The van der Waals surface area contributed by atoms with Crippen LogP contribution in [0.3, 0.4) is 0 Å². The zero-order valence-electron chi connectivity index (χ0n) is 10.6. The molecule has 1 rings (SSSR count). The maximum absolute atomic E-state index is 11.3. The molecule has 0 radical (unpaired) electrons. The molecule has 0 aliphatic heterocycles. The van der Waals surface area contributed by atoms with Gasteiger partial charge in [0.05, 0.1) is 13.2 Å². The lowest BCUT2D eigenvalue weighted by Crippen LogP contribution is -2.14. The molecule has 0 aliphatic rings. The number of nitrogens with two attached hydrogens (primary N) is 1. The van der Waals surface area contributed by atoms with Gasteiger partial charge in [-0.15, -0.1) is 0 Å². The number of benzene rings is 1. The van der Waals surface area contributed by atoms with E-state index in [4.69, 9.17) is 15.2 Å². The van der Waals surface area contributed by atoms with Crippen molar-refractivity contribution in [2.24, 2.45) is 5.73 Å². The van der Waals surface area contributed by atoms with Crippen LogP contribution in [0.25, 0.3) is 0 Å². The maximum atomic E-state index is 11.3. The molecule has 4 heteroatoms. The number of rotatable bonds is 10. The van der Waals surface area contributed by atoms with E-state index in [0.717, 1.165) is 12.0 Å². The van der Waals surface area contributed by atoms with Crippen LogP contribution in [-0.2, 0) is 20.9 Å². The van der Waals surface area contributed by atoms with Crippen LogP contribution < -0.4 is 5.73 Å². The molecule has 0 saturated heterocycles. The fourth-order valence-electron chi connectivity index (χ4n) is 1.48. The largest absolute Gasteiger partial charge is 0.377 e. The molecule has 100 valence electrons. The molecular formula is C14H21NO3. The quantitative estimate of drug-likeness (QED) is 0.641.